The number of rotatable bonds is 4. The van der Waals surface area contributed by atoms with E-state index in [1.54, 1.807) is 13.0 Å². The molecule has 0 spiro atoms. The Hall–Kier alpha value is -1.37. The van der Waals surface area contributed by atoms with Crippen LogP contribution in [0.2, 0.25) is 0 Å². The van der Waals surface area contributed by atoms with Crippen LogP contribution < -0.4 is 0 Å². The first-order chi connectivity index (χ1) is 6.56. The molecule has 0 amide bonds. The Morgan fingerprint density at radius 3 is 2.14 bits per heavy atom. The molecule has 0 radical (unpaired) electrons. The van der Waals surface area contributed by atoms with Gasteiger partial charge in [0.2, 0.25) is 0 Å². The molecule has 0 saturated carbocycles. The summed E-state index contributed by atoms with van der Waals surface area (Å²) >= 11 is 0. The summed E-state index contributed by atoms with van der Waals surface area (Å²) in [5.41, 5.74) is 2.17. The van der Waals surface area contributed by atoms with Gasteiger partial charge in [-0.1, -0.05) is 36.0 Å². The van der Waals surface area contributed by atoms with Gasteiger partial charge in [0.05, 0.1) is 0 Å². The lowest BCUT2D eigenvalue weighted by Gasteiger charge is -1.89. The summed E-state index contributed by atoms with van der Waals surface area (Å²) < 4.78 is 0. The zero-order valence-corrected chi connectivity index (χ0v) is 9.37. The van der Waals surface area contributed by atoms with E-state index in [-0.39, 0.29) is 5.78 Å². The van der Waals surface area contributed by atoms with Gasteiger partial charge >= 0.3 is 0 Å². The maximum atomic E-state index is 10.7. The molecule has 76 valence electrons. The summed E-state index contributed by atoms with van der Waals surface area (Å²) in [6, 6.07) is 0. The second-order valence-corrected chi connectivity index (χ2v) is 3.27. The lowest BCUT2D eigenvalue weighted by atomic mass is 10.2. The highest BCUT2D eigenvalue weighted by molar-refractivity contribution is 5.88. The van der Waals surface area contributed by atoms with Gasteiger partial charge in [0.15, 0.2) is 5.78 Å². The largest absolute Gasteiger partial charge is 0.295 e. The second-order valence-electron chi connectivity index (χ2n) is 3.27. The van der Waals surface area contributed by atoms with Gasteiger partial charge in [0, 0.05) is 0 Å². The molecule has 0 atom stereocenters. The molecule has 1 heteroatoms. The summed E-state index contributed by atoms with van der Waals surface area (Å²) in [7, 11) is 0. The molecule has 0 aliphatic carbocycles. The van der Waals surface area contributed by atoms with Crippen molar-refractivity contribution >= 4 is 5.78 Å². The van der Waals surface area contributed by atoms with E-state index in [0.717, 1.165) is 5.57 Å². The quantitative estimate of drug-likeness (QED) is 0.489. The fourth-order valence-electron chi connectivity index (χ4n) is 1.04. The van der Waals surface area contributed by atoms with Crippen molar-refractivity contribution in [1.29, 1.82) is 0 Å². The van der Waals surface area contributed by atoms with Crippen molar-refractivity contribution in [2.75, 3.05) is 0 Å². The zero-order chi connectivity index (χ0) is 11.0. The Balaban J connectivity index is 4.32. The lowest BCUT2D eigenvalue weighted by Crippen LogP contribution is -1.82. The molecule has 0 unspecified atom stereocenters. The van der Waals surface area contributed by atoms with Gasteiger partial charge in [-0.15, -0.1) is 0 Å². The molecular formula is C13H18O. The third-order valence-electron chi connectivity index (χ3n) is 1.58. The van der Waals surface area contributed by atoms with E-state index in [4.69, 9.17) is 0 Å². The van der Waals surface area contributed by atoms with Crippen LogP contribution in [0.1, 0.15) is 27.7 Å². The van der Waals surface area contributed by atoms with Crippen molar-refractivity contribution in [2.24, 2.45) is 0 Å². The number of hydrogen-bond acceptors (Lipinski definition) is 1. The Morgan fingerprint density at radius 1 is 1.00 bits per heavy atom. The van der Waals surface area contributed by atoms with Crippen LogP contribution in [0, 0.1) is 0 Å². The molecule has 0 N–H and O–H groups in total. The molecular weight excluding hydrogens is 172 g/mol. The van der Waals surface area contributed by atoms with Crippen LogP contribution in [0.15, 0.2) is 47.6 Å². The fourth-order valence-corrected chi connectivity index (χ4v) is 1.04. The van der Waals surface area contributed by atoms with E-state index in [0.29, 0.717) is 0 Å². The average Bonchev–Trinajstić information content (AvgIpc) is 2.02. The first-order valence-corrected chi connectivity index (χ1v) is 4.72. The summed E-state index contributed by atoms with van der Waals surface area (Å²) in [5.74, 6) is 0.0845. The molecule has 0 aliphatic heterocycles. The number of hydrogen-bond donors (Lipinski definition) is 0. The molecule has 0 fully saturated rings. The molecule has 0 aromatic rings. The average molecular weight is 190 g/mol. The smallest absolute Gasteiger partial charge is 0.152 e. The molecule has 1 nitrogen and oxygen atoms in total. The highest BCUT2D eigenvalue weighted by Crippen LogP contribution is 1.99. The van der Waals surface area contributed by atoms with Crippen LogP contribution in [0.25, 0.3) is 0 Å². The monoisotopic (exact) mass is 190 g/mol. The van der Waals surface area contributed by atoms with Crippen LogP contribution in [-0.2, 0) is 4.79 Å². The minimum atomic E-state index is 0.0845. The predicted molar refractivity (Wildman–Crippen MR) is 62.1 cm³/mol. The van der Waals surface area contributed by atoms with Crippen molar-refractivity contribution in [3.63, 3.8) is 0 Å². The van der Waals surface area contributed by atoms with E-state index in [1.807, 2.05) is 51.2 Å². The van der Waals surface area contributed by atoms with E-state index in [9.17, 15) is 4.79 Å². The number of carbonyl (C=O) groups is 1. The van der Waals surface area contributed by atoms with Crippen molar-refractivity contribution in [3.05, 3.63) is 47.6 Å². The van der Waals surface area contributed by atoms with E-state index in [2.05, 4.69) is 0 Å². The molecule has 0 saturated heterocycles. The van der Waals surface area contributed by atoms with Gasteiger partial charge in [0.1, 0.15) is 0 Å². The van der Waals surface area contributed by atoms with Gasteiger partial charge in [-0.2, -0.15) is 0 Å². The topological polar surface area (TPSA) is 17.1 Å². The molecule has 0 aromatic heterocycles. The van der Waals surface area contributed by atoms with Crippen LogP contribution in [0.4, 0.5) is 0 Å². The highest BCUT2D eigenvalue weighted by atomic mass is 16.1. The predicted octanol–water partition coefficient (Wildman–Crippen LogP) is 3.60. The molecule has 0 aromatic carbocycles. The minimum absolute atomic E-state index is 0.0845. The van der Waals surface area contributed by atoms with Gasteiger partial charge in [0.25, 0.3) is 0 Å². The maximum Gasteiger partial charge on any atom is 0.152 e. The van der Waals surface area contributed by atoms with E-state index >= 15 is 0 Å². The highest BCUT2D eigenvalue weighted by Gasteiger charge is 1.85. The molecule has 0 bridgehead atoms. The first kappa shape index (κ1) is 12.6. The zero-order valence-electron chi connectivity index (χ0n) is 9.37. The fraction of sp³-hybridized carbons (Fsp3) is 0.308. The van der Waals surface area contributed by atoms with Crippen LogP contribution in [-0.4, -0.2) is 5.78 Å². The second kappa shape index (κ2) is 7.07. The summed E-state index contributed by atoms with van der Waals surface area (Å²) in [6.45, 7) is 7.49. The summed E-state index contributed by atoms with van der Waals surface area (Å²) in [5, 5.41) is 0. The SMILES string of the molecule is C/C=C/C(C)=C/C=C/C(C)=C/C(C)=O. The molecule has 0 aliphatic rings. The van der Waals surface area contributed by atoms with Crippen LogP contribution in [0.5, 0.6) is 0 Å². The Morgan fingerprint density at radius 2 is 1.64 bits per heavy atom. The molecule has 0 heterocycles. The van der Waals surface area contributed by atoms with Gasteiger partial charge in [-0.25, -0.2) is 0 Å². The third kappa shape index (κ3) is 7.29. The number of allylic oxidation sites excluding steroid dienone is 8. The Kier molecular flexibility index (Phi) is 6.38. The summed E-state index contributed by atoms with van der Waals surface area (Å²) in [4.78, 5) is 10.7. The van der Waals surface area contributed by atoms with Crippen molar-refractivity contribution in [2.45, 2.75) is 27.7 Å². The summed E-state index contributed by atoms with van der Waals surface area (Å²) in [6.07, 6.45) is 11.5. The first-order valence-electron chi connectivity index (χ1n) is 4.72. The minimum Gasteiger partial charge on any atom is -0.295 e. The Labute approximate surface area is 86.5 Å². The van der Waals surface area contributed by atoms with E-state index < -0.39 is 0 Å². The van der Waals surface area contributed by atoms with Crippen LogP contribution in [0.3, 0.4) is 0 Å². The maximum absolute atomic E-state index is 10.7. The third-order valence-corrected chi connectivity index (χ3v) is 1.58. The van der Waals surface area contributed by atoms with Gasteiger partial charge < -0.3 is 0 Å². The van der Waals surface area contributed by atoms with Crippen LogP contribution >= 0.6 is 0 Å². The molecule has 0 rings (SSSR count). The standard InChI is InChI=1S/C13H18O/c1-5-7-11(2)8-6-9-12(3)10-13(4)14/h5-10H,1-4H3/b7-5+,9-6+,11-8+,12-10+. The normalized spacial score (nSPS) is 14.3. The lowest BCUT2D eigenvalue weighted by molar-refractivity contribution is -0.112. The van der Waals surface area contributed by atoms with E-state index in [1.165, 1.54) is 5.57 Å². The van der Waals surface area contributed by atoms with Gasteiger partial charge in [-0.3, -0.25) is 4.79 Å². The Bertz CT molecular complexity index is 301. The molecule has 14 heavy (non-hydrogen) atoms. The number of ketones is 1. The van der Waals surface area contributed by atoms with Gasteiger partial charge in [-0.05, 0) is 39.3 Å². The van der Waals surface area contributed by atoms with Crippen molar-refractivity contribution < 1.29 is 4.79 Å². The number of carbonyl (C=O) groups excluding carboxylic acids is 1. The van der Waals surface area contributed by atoms with Crippen molar-refractivity contribution in [3.8, 4) is 0 Å². The van der Waals surface area contributed by atoms with Crippen molar-refractivity contribution in [1.82, 2.24) is 0 Å².